The molecule has 1 aromatic heterocycles. The fourth-order valence-electron chi connectivity index (χ4n) is 3.43. The molecule has 1 unspecified atom stereocenters. The first-order chi connectivity index (χ1) is 12.2. The molecule has 2 heterocycles. The van der Waals surface area contributed by atoms with E-state index in [0.717, 1.165) is 42.0 Å². The molecule has 3 rings (SSSR count). The summed E-state index contributed by atoms with van der Waals surface area (Å²) in [5, 5.41) is 7.42. The van der Waals surface area contributed by atoms with Crippen molar-refractivity contribution in [3.05, 3.63) is 30.0 Å². The van der Waals surface area contributed by atoms with Gasteiger partial charge < -0.3 is 19.8 Å². The number of fused-ring (bicyclic) bond motifs is 1. The zero-order valence-corrected chi connectivity index (χ0v) is 15.1. The Bertz CT molecular complexity index is 704. The first-order valence-corrected chi connectivity index (χ1v) is 9.32. The number of nitrogens with one attached hydrogen (secondary N) is 2. The van der Waals surface area contributed by atoms with E-state index in [0.29, 0.717) is 18.9 Å². The summed E-state index contributed by atoms with van der Waals surface area (Å²) in [4.78, 5) is 12.3. The SMILES string of the molecule is CCOc1cccc2cc(C(C)NC(=O)CCC3CCNCC3)oc12. The Morgan fingerprint density at radius 1 is 1.40 bits per heavy atom. The van der Waals surface area contributed by atoms with Crippen LogP contribution in [0.1, 0.15) is 51.3 Å². The van der Waals surface area contributed by atoms with Gasteiger partial charge in [-0.15, -0.1) is 0 Å². The maximum absolute atomic E-state index is 12.3. The van der Waals surface area contributed by atoms with Gasteiger partial charge in [0.2, 0.25) is 5.91 Å². The van der Waals surface area contributed by atoms with E-state index in [1.165, 1.54) is 12.8 Å². The molecule has 1 aromatic carbocycles. The second-order valence-electron chi connectivity index (χ2n) is 6.78. The van der Waals surface area contributed by atoms with Crippen LogP contribution >= 0.6 is 0 Å². The molecular formula is C20H28N2O3. The second kappa shape index (κ2) is 8.39. The monoisotopic (exact) mass is 344 g/mol. The minimum absolute atomic E-state index is 0.0940. The average molecular weight is 344 g/mol. The van der Waals surface area contributed by atoms with Crippen molar-refractivity contribution in [3.63, 3.8) is 0 Å². The summed E-state index contributed by atoms with van der Waals surface area (Å²) in [7, 11) is 0. The Kier molecular flexibility index (Phi) is 5.97. The Hall–Kier alpha value is -2.01. The summed E-state index contributed by atoms with van der Waals surface area (Å²) in [6, 6.07) is 7.69. The molecule has 5 heteroatoms. The van der Waals surface area contributed by atoms with Crippen molar-refractivity contribution in [1.82, 2.24) is 10.6 Å². The number of hydrogen-bond acceptors (Lipinski definition) is 4. The molecule has 2 N–H and O–H groups in total. The zero-order chi connectivity index (χ0) is 17.6. The van der Waals surface area contributed by atoms with Crippen molar-refractivity contribution in [2.45, 2.75) is 45.6 Å². The number of ether oxygens (including phenoxy) is 1. The predicted molar refractivity (Wildman–Crippen MR) is 98.8 cm³/mol. The quantitative estimate of drug-likeness (QED) is 0.802. The highest BCUT2D eigenvalue weighted by molar-refractivity contribution is 5.84. The second-order valence-corrected chi connectivity index (χ2v) is 6.78. The summed E-state index contributed by atoms with van der Waals surface area (Å²) >= 11 is 0. The molecule has 1 amide bonds. The molecule has 0 saturated carbocycles. The smallest absolute Gasteiger partial charge is 0.220 e. The van der Waals surface area contributed by atoms with Crippen LogP contribution in [-0.4, -0.2) is 25.6 Å². The van der Waals surface area contributed by atoms with E-state index in [9.17, 15) is 4.79 Å². The van der Waals surface area contributed by atoms with Crippen LogP contribution in [-0.2, 0) is 4.79 Å². The van der Waals surface area contributed by atoms with E-state index in [1.807, 2.05) is 38.1 Å². The molecule has 0 bridgehead atoms. The van der Waals surface area contributed by atoms with E-state index < -0.39 is 0 Å². The molecule has 0 radical (unpaired) electrons. The van der Waals surface area contributed by atoms with Gasteiger partial charge >= 0.3 is 0 Å². The van der Waals surface area contributed by atoms with Crippen molar-refractivity contribution < 1.29 is 13.9 Å². The summed E-state index contributed by atoms with van der Waals surface area (Å²) < 4.78 is 11.6. The van der Waals surface area contributed by atoms with Crippen LogP contribution in [0.25, 0.3) is 11.0 Å². The van der Waals surface area contributed by atoms with Crippen molar-refractivity contribution in [3.8, 4) is 5.75 Å². The van der Waals surface area contributed by atoms with Crippen LogP contribution in [0.3, 0.4) is 0 Å². The molecule has 1 saturated heterocycles. The third kappa shape index (κ3) is 4.54. The van der Waals surface area contributed by atoms with Gasteiger partial charge in [-0.1, -0.05) is 12.1 Å². The van der Waals surface area contributed by atoms with Gasteiger partial charge in [-0.3, -0.25) is 4.79 Å². The summed E-state index contributed by atoms with van der Waals surface area (Å²) in [5.74, 6) is 2.27. The third-order valence-electron chi connectivity index (χ3n) is 4.87. The Morgan fingerprint density at radius 3 is 2.96 bits per heavy atom. The van der Waals surface area contributed by atoms with Crippen LogP contribution in [0.2, 0.25) is 0 Å². The lowest BCUT2D eigenvalue weighted by Crippen LogP contribution is -2.30. The number of carbonyl (C=O) groups is 1. The van der Waals surface area contributed by atoms with E-state index in [2.05, 4.69) is 10.6 Å². The Balaban J connectivity index is 1.58. The molecule has 0 spiro atoms. The van der Waals surface area contributed by atoms with Crippen LogP contribution in [0.4, 0.5) is 0 Å². The predicted octanol–water partition coefficient (Wildman–Crippen LogP) is 3.79. The highest BCUT2D eigenvalue weighted by Gasteiger charge is 2.18. The molecule has 1 fully saturated rings. The van der Waals surface area contributed by atoms with E-state index in [4.69, 9.17) is 9.15 Å². The van der Waals surface area contributed by atoms with Gasteiger partial charge in [-0.2, -0.15) is 0 Å². The molecule has 0 aliphatic carbocycles. The topological polar surface area (TPSA) is 63.5 Å². The normalized spacial score (nSPS) is 16.7. The molecule has 136 valence electrons. The van der Waals surface area contributed by atoms with E-state index in [1.54, 1.807) is 0 Å². The number of benzene rings is 1. The van der Waals surface area contributed by atoms with Gasteiger partial charge in [0.1, 0.15) is 5.76 Å². The van der Waals surface area contributed by atoms with Gasteiger partial charge in [0.25, 0.3) is 0 Å². The lowest BCUT2D eigenvalue weighted by Gasteiger charge is -2.22. The van der Waals surface area contributed by atoms with Gasteiger partial charge in [-0.05, 0) is 64.3 Å². The number of piperidine rings is 1. The number of rotatable bonds is 7. The molecule has 2 aromatic rings. The van der Waals surface area contributed by atoms with Crippen LogP contribution in [0.5, 0.6) is 5.75 Å². The number of amides is 1. The summed E-state index contributed by atoms with van der Waals surface area (Å²) in [6.45, 7) is 6.65. The van der Waals surface area contributed by atoms with Gasteiger partial charge in [0.05, 0.1) is 12.6 Å². The lowest BCUT2D eigenvalue weighted by atomic mass is 9.93. The fraction of sp³-hybridized carbons (Fsp3) is 0.550. The number of furan rings is 1. The van der Waals surface area contributed by atoms with Crippen LogP contribution < -0.4 is 15.4 Å². The van der Waals surface area contributed by atoms with Gasteiger partial charge in [0.15, 0.2) is 11.3 Å². The number of para-hydroxylation sites is 1. The molecule has 1 aliphatic heterocycles. The Morgan fingerprint density at radius 2 is 2.20 bits per heavy atom. The highest BCUT2D eigenvalue weighted by Crippen LogP contribution is 2.31. The number of hydrogen-bond donors (Lipinski definition) is 2. The van der Waals surface area contributed by atoms with E-state index in [-0.39, 0.29) is 11.9 Å². The minimum Gasteiger partial charge on any atom is -0.490 e. The van der Waals surface area contributed by atoms with Crippen molar-refractivity contribution >= 4 is 16.9 Å². The molecule has 5 nitrogen and oxygen atoms in total. The van der Waals surface area contributed by atoms with Crippen LogP contribution in [0, 0.1) is 5.92 Å². The van der Waals surface area contributed by atoms with Crippen LogP contribution in [0.15, 0.2) is 28.7 Å². The zero-order valence-electron chi connectivity index (χ0n) is 15.1. The van der Waals surface area contributed by atoms with E-state index >= 15 is 0 Å². The lowest BCUT2D eigenvalue weighted by molar-refractivity contribution is -0.122. The summed E-state index contributed by atoms with van der Waals surface area (Å²) in [5.41, 5.74) is 0.746. The third-order valence-corrected chi connectivity index (χ3v) is 4.87. The maximum atomic E-state index is 12.3. The van der Waals surface area contributed by atoms with Crippen molar-refractivity contribution in [2.24, 2.45) is 5.92 Å². The van der Waals surface area contributed by atoms with Crippen molar-refractivity contribution in [2.75, 3.05) is 19.7 Å². The molecular weight excluding hydrogens is 316 g/mol. The largest absolute Gasteiger partial charge is 0.490 e. The Labute approximate surface area is 149 Å². The highest BCUT2D eigenvalue weighted by atomic mass is 16.5. The minimum atomic E-state index is -0.151. The summed E-state index contributed by atoms with van der Waals surface area (Å²) in [6.07, 6.45) is 3.90. The number of carbonyl (C=O) groups excluding carboxylic acids is 1. The molecule has 1 aliphatic rings. The average Bonchev–Trinajstić information content (AvgIpc) is 3.07. The molecule has 1 atom stereocenters. The first kappa shape index (κ1) is 17.8. The fourth-order valence-corrected chi connectivity index (χ4v) is 3.43. The maximum Gasteiger partial charge on any atom is 0.220 e. The standard InChI is InChI=1S/C20H28N2O3/c1-3-24-17-6-4-5-16-13-18(25-20(16)17)14(2)22-19(23)8-7-15-9-11-21-12-10-15/h4-6,13-15,21H,3,7-12H2,1-2H3,(H,22,23). The van der Waals surface area contributed by atoms with Crippen molar-refractivity contribution in [1.29, 1.82) is 0 Å². The molecule has 25 heavy (non-hydrogen) atoms. The van der Waals surface area contributed by atoms with Gasteiger partial charge in [0, 0.05) is 11.8 Å². The van der Waals surface area contributed by atoms with Gasteiger partial charge in [-0.25, -0.2) is 0 Å². The first-order valence-electron chi connectivity index (χ1n) is 9.32.